The molecule has 5 heteroatoms. The molecular weight excluding hydrogens is 290 g/mol. The SMILES string of the molecule is C=CCC1(CO)CCCN(C(=O)CCCn2nc(C)cc2C)C1. The Hall–Kier alpha value is -1.62. The molecule has 0 saturated carbocycles. The molecule has 5 nitrogen and oxygen atoms in total. The van der Waals surface area contributed by atoms with Crippen LogP contribution in [-0.4, -0.2) is 45.4 Å². The topological polar surface area (TPSA) is 58.4 Å². The monoisotopic (exact) mass is 319 g/mol. The summed E-state index contributed by atoms with van der Waals surface area (Å²) in [5.74, 6) is 0.188. The molecule has 0 aliphatic carbocycles. The van der Waals surface area contributed by atoms with Gasteiger partial charge in [0.1, 0.15) is 0 Å². The van der Waals surface area contributed by atoms with Gasteiger partial charge in [-0.15, -0.1) is 6.58 Å². The summed E-state index contributed by atoms with van der Waals surface area (Å²) in [6.07, 6.45) is 5.87. The number of hydrogen-bond acceptors (Lipinski definition) is 3. The first-order chi connectivity index (χ1) is 11.0. The van der Waals surface area contributed by atoms with Crippen LogP contribution in [0.1, 0.15) is 43.5 Å². The minimum absolute atomic E-state index is 0.120. The van der Waals surface area contributed by atoms with E-state index in [1.165, 1.54) is 0 Å². The maximum Gasteiger partial charge on any atom is 0.222 e. The number of piperidine rings is 1. The van der Waals surface area contributed by atoms with E-state index in [0.717, 1.165) is 50.2 Å². The average Bonchev–Trinajstić information content (AvgIpc) is 2.85. The van der Waals surface area contributed by atoms with E-state index < -0.39 is 0 Å². The molecule has 1 unspecified atom stereocenters. The van der Waals surface area contributed by atoms with Crippen LogP contribution in [-0.2, 0) is 11.3 Å². The zero-order chi connectivity index (χ0) is 16.9. The molecule has 1 atom stereocenters. The molecule has 1 N–H and O–H groups in total. The second-order valence-electron chi connectivity index (χ2n) is 6.82. The molecule has 1 fully saturated rings. The van der Waals surface area contributed by atoms with Crippen LogP contribution in [0.15, 0.2) is 18.7 Å². The predicted molar refractivity (Wildman–Crippen MR) is 91.1 cm³/mol. The molecule has 23 heavy (non-hydrogen) atoms. The number of aliphatic hydroxyl groups excluding tert-OH is 1. The van der Waals surface area contributed by atoms with Crippen molar-refractivity contribution in [1.82, 2.24) is 14.7 Å². The molecule has 1 aromatic heterocycles. The molecular formula is C18H29N3O2. The van der Waals surface area contributed by atoms with Gasteiger partial charge in [0, 0.05) is 37.2 Å². The highest BCUT2D eigenvalue weighted by Crippen LogP contribution is 2.33. The van der Waals surface area contributed by atoms with Gasteiger partial charge in [-0.1, -0.05) is 6.08 Å². The highest BCUT2D eigenvalue weighted by atomic mass is 16.3. The van der Waals surface area contributed by atoms with Gasteiger partial charge in [0.15, 0.2) is 0 Å². The Balaban J connectivity index is 1.85. The maximum absolute atomic E-state index is 12.5. The number of hydrogen-bond donors (Lipinski definition) is 1. The van der Waals surface area contributed by atoms with Crippen molar-refractivity contribution in [3.63, 3.8) is 0 Å². The minimum Gasteiger partial charge on any atom is -0.396 e. The number of carbonyl (C=O) groups excluding carboxylic acids is 1. The van der Waals surface area contributed by atoms with Crippen LogP contribution in [0, 0.1) is 19.3 Å². The number of carbonyl (C=O) groups is 1. The van der Waals surface area contributed by atoms with Crippen molar-refractivity contribution in [2.75, 3.05) is 19.7 Å². The average molecular weight is 319 g/mol. The summed E-state index contributed by atoms with van der Waals surface area (Å²) in [7, 11) is 0. The third-order valence-electron chi connectivity index (χ3n) is 4.79. The van der Waals surface area contributed by atoms with Crippen LogP contribution in [0.25, 0.3) is 0 Å². The Bertz CT molecular complexity index is 552. The Morgan fingerprint density at radius 1 is 1.52 bits per heavy atom. The number of rotatable bonds is 7. The summed E-state index contributed by atoms with van der Waals surface area (Å²) in [6.45, 7) is 10.2. The van der Waals surface area contributed by atoms with E-state index >= 15 is 0 Å². The summed E-state index contributed by atoms with van der Waals surface area (Å²) in [4.78, 5) is 14.4. The van der Waals surface area contributed by atoms with Gasteiger partial charge in [0.25, 0.3) is 0 Å². The van der Waals surface area contributed by atoms with E-state index in [0.29, 0.717) is 13.0 Å². The summed E-state index contributed by atoms with van der Waals surface area (Å²) in [6, 6.07) is 2.05. The lowest BCUT2D eigenvalue weighted by atomic mass is 9.77. The van der Waals surface area contributed by atoms with Crippen molar-refractivity contribution in [1.29, 1.82) is 0 Å². The van der Waals surface area contributed by atoms with Gasteiger partial charge < -0.3 is 10.0 Å². The van der Waals surface area contributed by atoms with E-state index in [2.05, 4.69) is 17.7 Å². The van der Waals surface area contributed by atoms with E-state index in [4.69, 9.17) is 0 Å². The van der Waals surface area contributed by atoms with Gasteiger partial charge in [-0.2, -0.15) is 5.10 Å². The lowest BCUT2D eigenvalue weighted by molar-refractivity contribution is -0.135. The smallest absolute Gasteiger partial charge is 0.222 e. The zero-order valence-corrected chi connectivity index (χ0v) is 14.4. The Morgan fingerprint density at radius 2 is 2.30 bits per heavy atom. The number of aromatic nitrogens is 2. The minimum atomic E-state index is -0.189. The van der Waals surface area contributed by atoms with Crippen LogP contribution >= 0.6 is 0 Å². The quantitative estimate of drug-likeness (QED) is 0.785. The van der Waals surface area contributed by atoms with Gasteiger partial charge >= 0.3 is 0 Å². The second-order valence-corrected chi connectivity index (χ2v) is 6.82. The fourth-order valence-corrected chi connectivity index (χ4v) is 3.53. The molecule has 1 amide bonds. The first kappa shape index (κ1) is 17.7. The first-order valence-corrected chi connectivity index (χ1v) is 8.50. The van der Waals surface area contributed by atoms with Gasteiger partial charge in [-0.05, 0) is 45.6 Å². The fourth-order valence-electron chi connectivity index (χ4n) is 3.53. The highest BCUT2D eigenvalue weighted by molar-refractivity contribution is 5.76. The molecule has 2 heterocycles. The number of aliphatic hydroxyl groups is 1. The third kappa shape index (κ3) is 4.44. The second kappa shape index (κ2) is 7.77. The van der Waals surface area contributed by atoms with Crippen molar-refractivity contribution < 1.29 is 9.90 Å². The standard InChI is InChI=1S/C18H29N3O2/c1-4-8-18(14-22)9-6-10-20(13-18)17(23)7-5-11-21-16(3)12-15(2)19-21/h4,12,22H,1,5-11,13-14H2,2-3H3. The van der Waals surface area contributed by atoms with Crippen molar-refractivity contribution >= 4 is 5.91 Å². The van der Waals surface area contributed by atoms with E-state index in [-0.39, 0.29) is 17.9 Å². The molecule has 1 aliphatic heterocycles. The Kier molecular flexibility index (Phi) is 5.99. The van der Waals surface area contributed by atoms with Gasteiger partial charge in [0.2, 0.25) is 5.91 Å². The Labute approximate surface area is 139 Å². The van der Waals surface area contributed by atoms with Crippen molar-refractivity contribution in [2.45, 2.75) is 52.5 Å². The van der Waals surface area contributed by atoms with Crippen LogP contribution in [0.3, 0.4) is 0 Å². The van der Waals surface area contributed by atoms with E-state index in [9.17, 15) is 9.90 Å². The van der Waals surface area contributed by atoms with Gasteiger partial charge in [0.05, 0.1) is 12.3 Å². The molecule has 1 aromatic rings. The lowest BCUT2D eigenvalue weighted by Gasteiger charge is -2.41. The largest absolute Gasteiger partial charge is 0.396 e. The molecule has 1 saturated heterocycles. The predicted octanol–water partition coefficient (Wildman–Crippen LogP) is 2.46. The number of amides is 1. The summed E-state index contributed by atoms with van der Waals surface area (Å²) >= 11 is 0. The third-order valence-corrected chi connectivity index (χ3v) is 4.79. The Morgan fingerprint density at radius 3 is 2.91 bits per heavy atom. The molecule has 0 bridgehead atoms. The molecule has 0 radical (unpaired) electrons. The molecule has 0 aromatic carbocycles. The molecule has 2 rings (SSSR count). The van der Waals surface area contributed by atoms with Gasteiger partial charge in [-0.3, -0.25) is 9.48 Å². The van der Waals surface area contributed by atoms with E-state index in [1.807, 2.05) is 29.5 Å². The molecule has 0 spiro atoms. The van der Waals surface area contributed by atoms with Crippen LogP contribution < -0.4 is 0 Å². The van der Waals surface area contributed by atoms with Crippen molar-refractivity contribution in [3.8, 4) is 0 Å². The normalized spacial score (nSPS) is 21.4. The van der Waals surface area contributed by atoms with Crippen LogP contribution in [0.2, 0.25) is 0 Å². The van der Waals surface area contributed by atoms with Crippen LogP contribution in [0.5, 0.6) is 0 Å². The van der Waals surface area contributed by atoms with E-state index in [1.54, 1.807) is 0 Å². The summed E-state index contributed by atoms with van der Waals surface area (Å²) in [5.41, 5.74) is 1.96. The maximum atomic E-state index is 12.5. The molecule has 1 aliphatic rings. The fraction of sp³-hybridized carbons (Fsp3) is 0.667. The van der Waals surface area contributed by atoms with Crippen molar-refractivity contribution in [3.05, 3.63) is 30.1 Å². The first-order valence-electron chi connectivity index (χ1n) is 8.50. The zero-order valence-electron chi connectivity index (χ0n) is 14.4. The number of likely N-dealkylation sites (tertiary alicyclic amines) is 1. The number of allylic oxidation sites excluding steroid dienone is 1. The summed E-state index contributed by atoms with van der Waals surface area (Å²) < 4.78 is 1.97. The van der Waals surface area contributed by atoms with Gasteiger partial charge in [-0.25, -0.2) is 0 Å². The summed E-state index contributed by atoms with van der Waals surface area (Å²) in [5, 5.41) is 14.2. The number of aryl methyl sites for hydroxylation is 3. The lowest BCUT2D eigenvalue weighted by Crippen LogP contribution is -2.47. The number of nitrogens with zero attached hydrogens (tertiary/aromatic N) is 3. The molecule has 128 valence electrons. The van der Waals surface area contributed by atoms with Crippen LogP contribution in [0.4, 0.5) is 0 Å². The van der Waals surface area contributed by atoms with Crippen molar-refractivity contribution in [2.24, 2.45) is 5.41 Å². The highest BCUT2D eigenvalue weighted by Gasteiger charge is 2.35.